The number of ketones is 1. The van der Waals surface area contributed by atoms with Crippen molar-refractivity contribution in [1.82, 2.24) is 9.88 Å². The number of Topliss-reactive ketones (excluding diaryl/α,β-unsaturated/α-hetero) is 1. The van der Waals surface area contributed by atoms with Gasteiger partial charge in [-0.2, -0.15) is 0 Å². The van der Waals surface area contributed by atoms with Crippen LogP contribution in [0.3, 0.4) is 0 Å². The van der Waals surface area contributed by atoms with Crippen LogP contribution in [0, 0.1) is 6.92 Å². The lowest BCUT2D eigenvalue weighted by Crippen LogP contribution is -2.29. The molecule has 1 fully saturated rings. The molecule has 1 aromatic heterocycles. The number of aromatic nitrogens is 1. The zero-order chi connectivity index (χ0) is 23.4. The number of hydrogen-bond donors (Lipinski definition) is 1. The van der Waals surface area contributed by atoms with Crippen LogP contribution in [0.2, 0.25) is 0 Å². The van der Waals surface area contributed by atoms with Crippen LogP contribution in [0.1, 0.15) is 41.6 Å². The minimum Gasteiger partial charge on any atom is -0.507 e. The number of aliphatic hydroxyl groups is 1. The second-order valence-electron chi connectivity index (χ2n) is 8.02. The van der Waals surface area contributed by atoms with Crippen LogP contribution < -0.4 is 4.74 Å². The molecule has 1 atom stereocenters. The second-order valence-corrected chi connectivity index (χ2v) is 8.02. The summed E-state index contributed by atoms with van der Waals surface area (Å²) in [6, 6.07) is 17.5. The first-order valence-electron chi connectivity index (χ1n) is 11.0. The molecule has 3 aromatic rings. The summed E-state index contributed by atoms with van der Waals surface area (Å²) in [4.78, 5) is 31.9. The largest absolute Gasteiger partial charge is 0.507 e. The highest BCUT2D eigenvalue weighted by Crippen LogP contribution is 2.41. The zero-order valence-corrected chi connectivity index (χ0v) is 18.7. The van der Waals surface area contributed by atoms with E-state index in [1.807, 2.05) is 50.2 Å². The number of likely N-dealkylation sites (tertiary alicyclic amines) is 1. The van der Waals surface area contributed by atoms with Crippen LogP contribution >= 0.6 is 0 Å². The van der Waals surface area contributed by atoms with Crippen LogP contribution in [0.4, 0.5) is 0 Å². The topological polar surface area (TPSA) is 79.7 Å². The normalized spacial score (nSPS) is 17.4. The number of hydrogen-bond acceptors (Lipinski definition) is 5. The summed E-state index contributed by atoms with van der Waals surface area (Å²) in [7, 11) is 0. The van der Waals surface area contributed by atoms with Gasteiger partial charge in [-0.15, -0.1) is 0 Å². The van der Waals surface area contributed by atoms with Gasteiger partial charge in [0.2, 0.25) is 0 Å². The van der Waals surface area contributed by atoms with Crippen molar-refractivity contribution in [3.05, 3.63) is 101 Å². The number of carbonyl (C=O) groups is 2. The monoisotopic (exact) mass is 442 g/mol. The van der Waals surface area contributed by atoms with Crippen molar-refractivity contribution >= 4 is 17.4 Å². The summed E-state index contributed by atoms with van der Waals surface area (Å²) >= 11 is 0. The van der Waals surface area contributed by atoms with E-state index in [1.165, 1.54) is 4.90 Å². The van der Waals surface area contributed by atoms with Crippen LogP contribution in [0.5, 0.6) is 5.75 Å². The number of amides is 1. The van der Waals surface area contributed by atoms with Gasteiger partial charge in [0.05, 0.1) is 18.2 Å². The molecule has 0 bridgehead atoms. The van der Waals surface area contributed by atoms with Gasteiger partial charge in [-0.25, -0.2) is 0 Å². The molecular formula is C27H26N2O4. The summed E-state index contributed by atoms with van der Waals surface area (Å²) in [6.07, 6.45) is 4.15. The number of pyridine rings is 1. The van der Waals surface area contributed by atoms with Gasteiger partial charge < -0.3 is 14.7 Å². The predicted molar refractivity (Wildman–Crippen MR) is 125 cm³/mol. The van der Waals surface area contributed by atoms with Gasteiger partial charge in [-0.1, -0.05) is 43.3 Å². The average Bonchev–Trinajstić information content (AvgIpc) is 3.08. The lowest BCUT2D eigenvalue weighted by Gasteiger charge is -2.26. The highest BCUT2D eigenvalue weighted by molar-refractivity contribution is 6.46. The maximum Gasteiger partial charge on any atom is 0.295 e. The molecule has 1 aliphatic rings. The third-order valence-electron chi connectivity index (χ3n) is 5.71. The Kier molecular flexibility index (Phi) is 6.54. The van der Waals surface area contributed by atoms with E-state index < -0.39 is 17.7 Å². The Morgan fingerprint density at radius 1 is 1.06 bits per heavy atom. The van der Waals surface area contributed by atoms with Crippen molar-refractivity contribution in [1.29, 1.82) is 0 Å². The molecule has 6 nitrogen and oxygen atoms in total. The lowest BCUT2D eigenvalue weighted by atomic mass is 9.92. The van der Waals surface area contributed by atoms with Crippen LogP contribution in [-0.2, 0) is 16.1 Å². The van der Waals surface area contributed by atoms with Crippen molar-refractivity contribution < 1.29 is 19.4 Å². The van der Waals surface area contributed by atoms with Crippen molar-refractivity contribution in [2.75, 3.05) is 6.61 Å². The molecule has 1 saturated heterocycles. The Balaban J connectivity index is 1.84. The molecule has 2 aromatic carbocycles. The Hall–Kier alpha value is -3.93. The molecule has 1 N–H and O–H groups in total. The number of aryl methyl sites for hydroxylation is 1. The van der Waals surface area contributed by atoms with Gasteiger partial charge in [-0.05, 0) is 54.3 Å². The van der Waals surface area contributed by atoms with E-state index >= 15 is 0 Å². The summed E-state index contributed by atoms with van der Waals surface area (Å²) in [5.41, 5.74) is 3.08. The summed E-state index contributed by atoms with van der Waals surface area (Å²) in [5.74, 6) is -0.949. The van der Waals surface area contributed by atoms with E-state index in [0.29, 0.717) is 17.9 Å². The standard InChI is InChI=1S/C27H26N2O4/c1-3-15-33-21-9-6-8-20(16-21)25(30)23-24(22-10-5-4-7-18(22)2)29(27(32)26(23)31)17-19-11-13-28-14-12-19/h4-14,16,24,30H,3,15,17H2,1-2H3/b25-23+. The van der Waals surface area contributed by atoms with Gasteiger partial charge >= 0.3 is 0 Å². The molecular weight excluding hydrogens is 416 g/mol. The van der Waals surface area contributed by atoms with E-state index in [4.69, 9.17) is 4.74 Å². The van der Waals surface area contributed by atoms with Gasteiger partial charge in [0.1, 0.15) is 11.5 Å². The summed E-state index contributed by atoms with van der Waals surface area (Å²) < 4.78 is 5.69. The number of nitrogens with zero attached hydrogens (tertiary/aromatic N) is 2. The molecule has 0 aliphatic carbocycles. The highest BCUT2D eigenvalue weighted by atomic mass is 16.5. The number of rotatable bonds is 7. The molecule has 168 valence electrons. The number of aliphatic hydroxyl groups excluding tert-OH is 1. The fourth-order valence-electron chi connectivity index (χ4n) is 4.05. The molecule has 33 heavy (non-hydrogen) atoms. The van der Waals surface area contributed by atoms with Crippen molar-refractivity contribution in [2.24, 2.45) is 0 Å². The number of benzene rings is 2. The SMILES string of the molecule is CCCOc1cccc(/C(O)=C2\C(=O)C(=O)N(Cc3ccncc3)C2c2ccccc2C)c1. The Bertz CT molecular complexity index is 1200. The molecule has 0 spiro atoms. The van der Waals surface area contributed by atoms with Crippen molar-refractivity contribution in [3.63, 3.8) is 0 Å². The number of ether oxygens (including phenoxy) is 1. The first kappa shape index (κ1) is 22.3. The Morgan fingerprint density at radius 3 is 2.55 bits per heavy atom. The molecule has 1 aliphatic heterocycles. The van der Waals surface area contributed by atoms with Crippen LogP contribution in [0.25, 0.3) is 5.76 Å². The first-order chi connectivity index (χ1) is 16.0. The third kappa shape index (κ3) is 4.51. The Labute approximate surface area is 193 Å². The third-order valence-corrected chi connectivity index (χ3v) is 5.71. The summed E-state index contributed by atoms with van der Waals surface area (Å²) in [5, 5.41) is 11.3. The fraction of sp³-hybridized carbons (Fsp3) is 0.222. The maximum absolute atomic E-state index is 13.2. The van der Waals surface area contributed by atoms with E-state index in [0.717, 1.165) is 23.1 Å². The Morgan fingerprint density at radius 2 is 1.82 bits per heavy atom. The van der Waals surface area contributed by atoms with Crippen molar-refractivity contribution in [3.8, 4) is 5.75 Å². The fourth-order valence-corrected chi connectivity index (χ4v) is 4.05. The van der Waals surface area contributed by atoms with Crippen molar-refractivity contribution in [2.45, 2.75) is 32.9 Å². The quantitative estimate of drug-likeness (QED) is 0.323. The van der Waals surface area contributed by atoms with Crippen LogP contribution in [-0.4, -0.2) is 33.3 Å². The summed E-state index contributed by atoms with van der Waals surface area (Å²) in [6.45, 7) is 4.71. The molecule has 1 amide bonds. The van der Waals surface area contributed by atoms with E-state index in [-0.39, 0.29) is 17.9 Å². The van der Waals surface area contributed by atoms with Gasteiger partial charge in [0.25, 0.3) is 11.7 Å². The molecule has 0 radical (unpaired) electrons. The molecule has 6 heteroatoms. The van der Waals surface area contributed by atoms with Gasteiger partial charge in [0.15, 0.2) is 0 Å². The van der Waals surface area contributed by atoms with Gasteiger partial charge in [0, 0.05) is 24.5 Å². The predicted octanol–water partition coefficient (Wildman–Crippen LogP) is 4.80. The molecule has 0 saturated carbocycles. The minimum absolute atomic E-state index is 0.0796. The first-order valence-corrected chi connectivity index (χ1v) is 11.0. The van der Waals surface area contributed by atoms with Gasteiger partial charge in [-0.3, -0.25) is 14.6 Å². The van der Waals surface area contributed by atoms with E-state index in [1.54, 1.807) is 36.7 Å². The average molecular weight is 443 g/mol. The minimum atomic E-state index is -0.709. The maximum atomic E-state index is 13.2. The smallest absolute Gasteiger partial charge is 0.295 e. The lowest BCUT2D eigenvalue weighted by molar-refractivity contribution is -0.140. The molecule has 2 heterocycles. The second kappa shape index (κ2) is 9.69. The molecule has 4 rings (SSSR count). The van der Waals surface area contributed by atoms with E-state index in [9.17, 15) is 14.7 Å². The zero-order valence-electron chi connectivity index (χ0n) is 18.7. The van der Waals surface area contributed by atoms with Crippen LogP contribution in [0.15, 0.2) is 78.6 Å². The molecule has 1 unspecified atom stereocenters. The number of carbonyl (C=O) groups excluding carboxylic acids is 2. The highest BCUT2D eigenvalue weighted by Gasteiger charge is 2.46. The van der Waals surface area contributed by atoms with E-state index in [2.05, 4.69) is 4.98 Å².